The Kier molecular flexibility index (Phi) is 3.81. The maximum Gasteiger partial charge on any atom is 0.119 e. The molecule has 0 aromatic heterocycles. The van der Waals surface area contributed by atoms with Gasteiger partial charge in [0.25, 0.3) is 0 Å². The lowest BCUT2D eigenvalue weighted by Gasteiger charge is -2.13. The van der Waals surface area contributed by atoms with Gasteiger partial charge in [-0.1, -0.05) is 49.4 Å². The molecule has 88 valence electrons. The molecule has 0 fully saturated rings. The molecule has 1 heteroatoms. The van der Waals surface area contributed by atoms with Crippen LogP contribution in [0.4, 0.5) is 0 Å². The molecule has 2 rings (SSSR count). The summed E-state index contributed by atoms with van der Waals surface area (Å²) in [6, 6.07) is 18.9. The van der Waals surface area contributed by atoms with Crippen LogP contribution in [0.15, 0.2) is 54.6 Å². The molecule has 2 aromatic rings. The summed E-state index contributed by atoms with van der Waals surface area (Å²) in [5.41, 5.74) is 2.70. The highest BCUT2D eigenvalue weighted by Crippen LogP contribution is 2.23. The Bertz CT molecular complexity index is 462. The smallest absolute Gasteiger partial charge is 0.119 e. The summed E-state index contributed by atoms with van der Waals surface area (Å²) < 4.78 is 5.26. The van der Waals surface area contributed by atoms with E-state index in [0.29, 0.717) is 5.92 Å². The fourth-order valence-corrected chi connectivity index (χ4v) is 2.03. The fraction of sp³-hybridized carbons (Fsp3) is 0.250. The Hall–Kier alpha value is -1.76. The van der Waals surface area contributed by atoms with E-state index >= 15 is 0 Å². The third kappa shape index (κ3) is 3.10. The van der Waals surface area contributed by atoms with Gasteiger partial charge in [-0.05, 0) is 35.6 Å². The molecule has 0 heterocycles. The topological polar surface area (TPSA) is 9.23 Å². The summed E-state index contributed by atoms with van der Waals surface area (Å²) in [5.74, 6) is 1.44. The van der Waals surface area contributed by atoms with Gasteiger partial charge in [0.15, 0.2) is 0 Å². The molecule has 0 saturated carbocycles. The zero-order chi connectivity index (χ0) is 12.1. The van der Waals surface area contributed by atoms with E-state index in [1.54, 1.807) is 7.11 Å². The molecule has 2 aromatic carbocycles. The number of hydrogen-bond acceptors (Lipinski definition) is 1. The van der Waals surface area contributed by atoms with Crippen LogP contribution >= 0.6 is 0 Å². The molecule has 0 spiro atoms. The van der Waals surface area contributed by atoms with Crippen LogP contribution in [0.5, 0.6) is 5.75 Å². The molecule has 0 aliphatic heterocycles. The monoisotopic (exact) mass is 226 g/mol. The van der Waals surface area contributed by atoms with Gasteiger partial charge < -0.3 is 4.74 Å². The normalized spacial score (nSPS) is 12.1. The van der Waals surface area contributed by atoms with E-state index in [2.05, 4.69) is 55.5 Å². The van der Waals surface area contributed by atoms with Crippen LogP contribution in [0.3, 0.4) is 0 Å². The highest BCUT2D eigenvalue weighted by atomic mass is 16.5. The quantitative estimate of drug-likeness (QED) is 0.764. The molecule has 0 saturated heterocycles. The predicted molar refractivity (Wildman–Crippen MR) is 71.6 cm³/mol. The number of hydrogen-bond donors (Lipinski definition) is 0. The lowest BCUT2D eigenvalue weighted by molar-refractivity contribution is 0.414. The van der Waals surface area contributed by atoms with Crippen molar-refractivity contribution in [3.63, 3.8) is 0 Å². The van der Waals surface area contributed by atoms with Gasteiger partial charge in [0.05, 0.1) is 7.11 Å². The van der Waals surface area contributed by atoms with Gasteiger partial charge in [-0.25, -0.2) is 0 Å². The Morgan fingerprint density at radius 3 is 2.47 bits per heavy atom. The van der Waals surface area contributed by atoms with Crippen molar-refractivity contribution in [2.24, 2.45) is 0 Å². The third-order valence-electron chi connectivity index (χ3n) is 3.05. The molecular weight excluding hydrogens is 208 g/mol. The van der Waals surface area contributed by atoms with Crippen molar-refractivity contribution in [1.82, 2.24) is 0 Å². The average Bonchev–Trinajstić information content (AvgIpc) is 2.40. The molecule has 0 aliphatic rings. The number of benzene rings is 2. The molecule has 1 nitrogen and oxygen atoms in total. The highest BCUT2D eigenvalue weighted by molar-refractivity contribution is 5.31. The van der Waals surface area contributed by atoms with Crippen molar-refractivity contribution in [3.05, 3.63) is 65.7 Å². The molecule has 1 atom stereocenters. The number of methoxy groups -OCH3 is 1. The van der Waals surface area contributed by atoms with Gasteiger partial charge >= 0.3 is 0 Å². The molecule has 17 heavy (non-hydrogen) atoms. The maximum absolute atomic E-state index is 5.26. The van der Waals surface area contributed by atoms with Crippen LogP contribution in [0.2, 0.25) is 0 Å². The summed E-state index contributed by atoms with van der Waals surface area (Å²) in [7, 11) is 1.71. The summed E-state index contributed by atoms with van der Waals surface area (Å²) >= 11 is 0. The van der Waals surface area contributed by atoms with Gasteiger partial charge in [-0.2, -0.15) is 0 Å². The van der Waals surface area contributed by atoms with E-state index in [0.717, 1.165) is 12.2 Å². The molecule has 0 bridgehead atoms. The summed E-state index contributed by atoms with van der Waals surface area (Å²) in [4.78, 5) is 0. The van der Waals surface area contributed by atoms with E-state index in [9.17, 15) is 0 Å². The van der Waals surface area contributed by atoms with Gasteiger partial charge in [0.1, 0.15) is 5.75 Å². The van der Waals surface area contributed by atoms with Crippen LogP contribution in [0.25, 0.3) is 0 Å². The Morgan fingerprint density at radius 2 is 1.76 bits per heavy atom. The van der Waals surface area contributed by atoms with E-state index in [1.807, 2.05) is 6.07 Å². The van der Waals surface area contributed by atoms with Crippen molar-refractivity contribution in [1.29, 1.82) is 0 Å². The first-order valence-electron chi connectivity index (χ1n) is 5.97. The Labute approximate surface area is 103 Å². The molecule has 1 unspecified atom stereocenters. The van der Waals surface area contributed by atoms with Crippen LogP contribution in [0.1, 0.15) is 24.0 Å². The minimum Gasteiger partial charge on any atom is -0.497 e. The van der Waals surface area contributed by atoms with E-state index in [-0.39, 0.29) is 0 Å². The van der Waals surface area contributed by atoms with Crippen molar-refractivity contribution in [3.8, 4) is 5.75 Å². The van der Waals surface area contributed by atoms with E-state index in [4.69, 9.17) is 4.74 Å². The maximum atomic E-state index is 5.26. The molecule has 0 radical (unpaired) electrons. The zero-order valence-corrected chi connectivity index (χ0v) is 10.4. The minimum absolute atomic E-state index is 0.507. The van der Waals surface area contributed by atoms with Crippen molar-refractivity contribution in [2.45, 2.75) is 19.3 Å². The van der Waals surface area contributed by atoms with Gasteiger partial charge in [0.2, 0.25) is 0 Å². The predicted octanol–water partition coefficient (Wildman–Crippen LogP) is 4.04. The van der Waals surface area contributed by atoms with Crippen LogP contribution in [-0.2, 0) is 6.42 Å². The van der Waals surface area contributed by atoms with Crippen LogP contribution in [-0.4, -0.2) is 7.11 Å². The van der Waals surface area contributed by atoms with Crippen molar-refractivity contribution < 1.29 is 4.74 Å². The second kappa shape index (κ2) is 5.53. The summed E-state index contributed by atoms with van der Waals surface area (Å²) in [6.07, 6.45) is 1.06. The standard InChI is InChI=1S/C16H18O/c1-13(11-14-7-4-3-5-8-14)15-9-6-10-16(12-15)17-2/h3-10,12-13H,11H2,1-2H3. The second-order valence-electron chi connectivity index (χ2n) is 4.37. The lowest BCUT2D eigenvalue weighted by Crippen LogP contribution is -1.98. The SMILES string of the molecule is COc1cccc(C(C)Cc2ccccc2)c1. The first-order chi connectivity index (χ1) is 8.29. The number of ether oxygens (including phenoxy) is 1. The third-order valence-corrected chi connectivity index (χ3v) is 3.05. The zero-order valence-electron chi connectivity index (χ0n) is 10.4. The first kappa shape index (κ1) is 11.7. The first-order valence-corrected chi connectivity index (χ1v) is 5.97. The summed E-state index contributed by atoms with van der Waals surface area (Å²) in [6.45, 7) is 2.25. The van der Waals surface area contributed by atoms with Crippen molar-refractivity contribution >= 4 is 0 Å². The lowest BCUT2D eigenvalue weighted by atomic mass is 9.94. The van der Waals surface area contributed by atoms with Crippen molar-refractivity contribution in [2.75, 3.05) is 7.11 Å². The van der Waals surface area contributed by atoms with E-state index in [1.165, 1.54) is 11.1 Å². The molecular formula is C16H18O. The van der Waals surface area contributed by atoms with Gasteiger partial charge in [0, 0.05) is 0 Å². The molecule has 0 N–H and O–H groups in total. The Morgan fingerprint density at radius 1 is 1.00 bits per heavy atom. The second-order valence-corrected chi connectivity index (χ2v) is 4.37. The highest BCUT2D eigenvalue weighted by Gasteiger charge is 2.07. The van der Waals surface area contributed by atoms with Gasteiger partial charge in [-0.15, -0.1) is 0 Å². The largest absolute Gasteiger partial charge is 0.497 e. The summed E-state index contributed by atoms with van der Waals surface area (Å²) in [5, 5.41) is 0. The molecule has 0 amide bonds. The van der Waals surface area contributed by atoms with Gasteiger partial charge in [-0.3, -0.25) is 0 Å². The molecule has 0 aliphatic carbocycles. The average molecular weight is 226 g/mol. The van der Waals surface area contributed by atoms with Crippen LogP contribution in [0, 0.1) is 0 Å². The van der Waals surface area contributed by atoms with E-state index < -0.39 is 0 Å². The fourth-order valence-electron chi connectivity index (χ4n) is 2.03. The van der Waals surface area contributed by atoms with Crippen LogP contribution < -0.4 is 4.74 Å². The Balaban J connectivity index is 2.11. The minimum atomic E-state index is 0.507. The number of rotatable bonds is 4.